The lowest BCUT2D eigenvalue weighted by atomic mass is 10.2. The predicted octanol–water partition coefficient (Wildman–Crippen LogP) is -2.15. The van der Waals surface area contributed by atoms with E-state index in [2.05, 4.69) is 5.32 Å². The number of hydrogen-bond acceptors (Lipinski definition) is 5. The summed E-state index contributed by atoms with van der Waals surface area (Å²) in [5.41, 5.74) is 0. The number of rotatable bonds is 1. The Labute approximate surface area is 108 Å². The van der Waals surface area contributed by atoms with Gasteiger partial charge >= 0.3 is 12.0 Å². The van der Waals surface area contributed by atoms with Gasteiger partial charge in [-0.15, -0.1) is 0 Å². The maximum absolute atomic E-state index is 12.1. The summed E-state index contributed by atoms with van der Waals surface area (Å²) in [4.78, 5) is 47.6. The van der Waals surface area contributed by atoms with Crippen LogP contribution in [0.4, 0.5) is 4.79 Å². The SMILES string of the molecule is O=C1CN(C(=O)N2CCOC(C(=O)O)C2)CC(=O)N1. The second kappa shape index (κ2) is 5.22. The summed E-state index contributed by atoms with van der Waals surface area (Å²) < 4.78 is 4.99. The fourth-order valence-corrected chi connectivity index (χ4v) is 1.94. The van der Waals surface area contributed by atoms with Gasteiger partial charge in [0.25, 0.3) is 0 Å². The molecule has 2 N–H and O–H groups in total. The highest BCUT2D eigenvalue weighted by Crippen LogP contribution is 2.09. The maximum atomic E-state index is 12.1. The fourth-order valence-electron chi connectivity index (χ4n) is 1.94. The van der Waals surface area contributed by atoms with Crippen molar-refractivity contribution in [3.63, 3.8) is 0 Å². The van der Waals surface area contributed by atoms with Crippen LogP contribution in [0.2, 0.25) is 0 Å². The average molecular weight is 271 g/mol. The highest BCUT2D eigenvalue weighted by Gasteiger charge is 2.34. The summed E-state index contributed by atoms with van der Waals surface area (Å²) in [6.45, 7) is -0.175. The van der Waals surface area contributed by atoms with Gasteiger partial charge in [-0.25, -0.2) is 9.59 Å². The van der Waals surface area contributed by atoms with E-state index in [9.17, 15) is 19.2 Å². The molecule has 4 amide bonds. The van der Waals surface area contributed by atoms with Crippen molar-refractivity contribution in [2.75, 3.05) is 32.8 Å². The minimum Gasteiger partial charge on any atom is -0.479 e. The smallest absolute Gasteiger partial charge is 0.334 e. The van der Waals surface area contributed by atoms with E-state index in [1.54, 1.807) is 0 Å². The quantitative estimate of drug-likeness (QED) is 0.525. The second-order valence-electron chi connectivity index (χ2n) is 4.25. The van der Waals surface area contributed by atoms with Crippen LogP contribution < -0.4 is 5.32 Å². The lowest BCUT2D eigenvalue weighted by molar-refractivity contribution is -0.155. The molecule has 0 aromatic heterocycles. The van der Waals surface area contributed by atoms with Crippen molar-refractivity contribution in [1.29, 1.82) is 0 Å². The molecule has 0 saturated carbocycles. The topological polar surface area (TPSA) is 116 Å². The van der Waals surface area contributed by atoms with Crippen LogP contribution in [0, 0.1) is 0 Å². The highest BCUT2D eigenvalue weighted by atomic mass is 16.5. The molecule has 2 fully saturated rings. The number of urea groups is 1. The van der Waals surface area contributed by atoms with Crippen molar-refractivity contribution in [2.24, 2.45) is 0 Å². The molecule has 2 saturated heterocycles. The molecule has 1 atom stereocenters. The molecule has 2 aliphatic heterocycles. The van der Waals surface area contributed by atoms with Gasteiger partial charge in [-0.1, -0.05) is 0 Å². The van der Waals surface area contributed by atoms with Gasteiger partial charge in [-0.2, -0.15) is 0 Å². The van der Waals surface area contributed by atoms with Crippen LogP contribution in [0.3, 0.4) is 0 Å². The number of carbonyl (C=O) groups is 4. The Balaban J connectivity index is 2.00. The average Bonchev–Trinajstić information content (AvgIpc) is 2.37. The number of piperazine rings is 1. The van der Waals surface area contributed by atoms with Gasteiger partial charge in [0.15, 0.2) is 6.10 Å². The van der Waals surface area contributed by atoms with Gasteiger partial charge in [-0.3, -0.25) is 14.9 Å². The Bertz CT molecular complexity index is 421. The first-order chi connectivity index (χ1) is 8.97. The largest absolute Gasteiger partial charge is 0.479 e. The number of hydrogen-bond donors (Lipinski definition) is 2. The third-order valence-electron chi connectivity index (χ3n) is 2.83. The Hall–Kier alpha value is -2.16. The van der Waals surface area contributed by atoms with Crippen molar-refractivity contribution >= 4 is 23.8 Å². The predicted molar refractivity (Wildman–Crippen MR) is 59.1 cm³/mol. The molecular weight excluding hydrogens is 258 g/mol. The summed E-state index contributed by atoms with van der Waals surface area (Å²) >= 11 is 0. The molecule has 1 unspecified atom stereocenters. The van der Waals surface area contributed by atoms with Crippen molar-refractivity contribution in [3.05, 3.63) is 0 Å². The minimum atomic E-state index is -1.15. The molecular formula is C10H13N3O6. The first-order valence-electron chi connectivity index (χ1n) is 5.68. The van der Waals surface area contributed by atoms with Crippen LogP contribution in [0.15, 0.2) is 0 Å². The number of carboxylic acid groups (broad SMARTS) is 1. The van der Waals surface area contributed by atoms with Crippen molar-refractivity contribution in [3.8, 4) is 0 Å². The molecule has 2 rings (SSSR count). The number of amides is 4. The monoisotopic (exact) mass is 271 g/mol. The molecule has 2 heterocycles. The van der Waals surface area contributed by atoms with Crippen LogP contribution >= 0.6 is 0 Å². The highest BCUT2D eigenvalue weighted by molar-refractivity contribution is 6.02. The molecule has 9 heteroatoms. The molecule has 0 aromatic carbocycles. The van der Waals surface area contributed by atoms with Gasteiger partial charge in [-0.05, 0) is 0 Å². The first-order valence-corrected chi connectivity index (χ1v) is 5.68. The molecule has 0 aromatic rings. The van der Waals surface area contributed by atoms with Gasteiger partial charge in [0.05, 0.1) is 13.2 Å². The molecule has 2 aliphatic rings. The molecule has 104 valence electrons. The third kappa shape index (κ3) is 2.99. The number of ether oxygens (including phenoxy) is 1. The fraction of sp³-hybridized carbons (Fsp3) is 0.600. The van der Waals surface area contributed by atoms with Crippen LogP contribution in [0.5, 0.6) is 0 Å². The lowest BCUT2D eigenvalue weighted by Crippen LogP contribution is -2.59. The maximum Gasteiger partial charge on any atom is 0.334 e. The first kappa shape index (κ1) is 13.3. The number of aliphatic carboxylic acids is 1. The number of nitrogens with one attached hydrogen (secondary N) is 1. The van der Waals surface area contributed by atoms with E-state index in [1.165, 1.54) is 4.90 Å². The summed E-state index contributed by atoms with van der Waals surface area (Å²) in [5, 5.41) is 10.9. The van der Waals surface area contributed by atoms with Gasteiger partial charge < -0.3 is 19.6 Å². The van der Waals surface area contributed by atoms with Gasteiger partial charge in [0.2, 0.25) is 11.8 Å². The van der Waals surface area contributed by atoms with Crippen molar-refractivity contribution < 1.29 is 29.0 Å². The second-order valence-corrected chi connectivity index (χ2v) is 4.25. The van der Waals surface area contributed by atoms with E-state index in [4.69, 9.17) is 9.84 Å². The molecule has 9 nitrogen and oxygen atoms in total. The zero-order chi connectivity index (χ0) is 14.0. The van der Waals surface area contributed by atoms with E-state index in [0.29, 0.717) is 0 Å². The lowest BCUT2D eigenvalue weighted by Gasteiger charge is -2.35. The van der Waals surface area contributed by atoms with E-state index in [0.717, 1.165) is 4.90 Å². The van der Waals surface area contributed by atoms with E-state index in [1.807, 2.05) is 0 Å². The minimum absolute atomic E-state index is 0.0967. The van der Waals surface area contributed by atoms with E-state index >= 15 is 0 Å². The van der Waals surface area contributed by atoms with Crippen LogP contribution in [-0.2, 0) is 19.1 Å². The molecule has 0 spiro atoms. The molecule has 0 bridgehead atoms. The van der Waals surface area contributed by atoms with Crippen LogP contribution in [0.25, 0.3) is 0 Å². The molecule has 0 aliphatic carbocycles. The third-order valence-corrected chi connectivity index (χ3v) is 2.83. The Kier molecular flexibility index (Phi) is 3.65. The van der Waals surface area contributed by atoms with Crippen molar-refractivity contribution in [1.82, 2.24) is 15.1 Å². The standard InChI is InChI=1S/C10H13N3O6/c14-7-4-13(5-8(15)11-7)10(18)12-1-2-19-6(3-12)9(16)17/h6H,1-5H2,(H,16,17)(H,11,14,15). The van der Waals surface area contributed by atoms with Crippen molar-refractivity contribution in [2.45, 2.75) is 6.10 Å². The zero-order valence-electron chi connectivity index (χ0n) is 10.00. The number of morpholine rings is 1. The van der Waals surface area contributed by atoms with E-state index in [-0.39, 0.29) is 32.8 Å². The number of carboxylic acids is 1. The van der Waals surface area contributed by atoms with Crippen LogP contribution in [0.1, 0.15) is 0 Å². The molecule has 0 radical (unpaired) electrons. The molecule has 19 heavy (non-hydrogen) atoms. The Morgan fingerprint density at radius 3 is 2.42 bits per heavy atom. The Morgan fingerprint density at radius 2 is 1.84 bits per heavy atom. The summed E-state index contributed by atoms with van der Waals surface area (Å²) in [6.07, 6.45) is -1.08. The van der Waals surface area contributed by atoms with Gasteiger partial charge in [0.1, 0.15) is 13.1 Å². The normalized spacial score (nSPS) is 24.1. The number of imide groups is 1. The number of nitrogens with zero attached hydrogens (tertiary/aromatic N) is 2. The van der Waals surface area contributed by atoms with Crippen LogP contribution in [-0.4, -0.2) is 77.6 Å². The van der Waals surface area contributed by atoms with E-state index < -0.39 is 29.9 Å². The van der Waals surface area contributed by atoms with Gasteiger partial charge in [0, 0.05) is 6.54 Å². The number of carbonyl (C=O) groups excluding carboxylic acids is 3. The Morgan fingerprint density at radius 1 is 1.21 bits per heavy atom. The summed E-state index contributed by atoms with van der Waals surface area (Å²) in [5.74, 6) is -2.25. The zero-order valence-corrected chi connectivity index (χ0v) is 10.00. The summed E-state index contributed by atoms with van der Waals surface area (Å²) in [7, 11) is 0. The summed E-state index contributed by atoms with van der Waals surface area (Å²) in [6, 6.07) is -0.530.